The highest BCUT2D eigenvalue weighted by Crippen LogP contribution is 2.04. The van der Waals surface area contributed by atoms with E-state index in [2.05, 4.69) is 20.2 Å². The predicted molar refractivity (Wildman–Crippen MR) is 46.3 cm³/mol. The van der Waals surface area contributed by atoms with E-state index in [-0.39, 0.29) is 0 Å². The lowest BCUT2D eigenvalue weighted by Gasteiger charge is -1.96. The Morgan fingerprint density at radius 2 is 1.92 bits per heavy atom. The molecule has 0 amide bonds. The van der Waals surface area contributed by atoms with Crippen molar-refractivity contribution in [1.82, 2.24) is 15.2 Å². The first-order valence-corrected chi connectivity index (χ1v) is 3.58. The largest absolute Gasteiger partial charge is 0.387 e. The van der Waals surface area contributed by atoms with E-state index in [4.69, 9.17) is 5.73 Å². The molecule has 64 valence electrons. The van der Waals surface area contributed by atoms with Crippen molar-refractivity contribution < 1.29 is 0 Å². The lowest BCUT2D eigenvalue weighted by atomic mass is 10.4. The molecule has 0 saturated carbocycles. The number of aryl methyl sites for hydroxylation is 2. The molecule has 0 aliphatic rings. The maximum atomic E-state index is 5.35. The van der Waals surface area contributed by atoms with Crippen LogP contribution >= 0.6 is 0 Å². The Morgan fingerprint density at radius 1 is 1.25 bits per heavy atom. The first kappa shape index (κ1) is 8.58. The van der Waals surface area contributed by atoms with Gasteiger partial charge in [0.05, 0.1) is 17.2 Å². The second kappa shape index (κ2) is 3.25. The minimum absolute atomic E-state index is 0.318. The minimum Gasteiger partial charge on any atom is -0.387 e. The quantitative estimate of drug-likeness (QED) is 0.485. The highest BCUT2D eigenvalue weighted by atomic mass is 15.2. The molecule has 1 heterocycles. The summed E-state index contributed by atoms with van der Waals surface area (Å²) < 4.78 is 0. The van der Waals surface area contributed by atoms with Crippen LogP contribution in [0.1, 0.15) is 18.3 Å². The first-order chi connectivity index (χ1) is 5.59. The van der Waals surface area contributed by atoms with Crippen molar-refractivity contribution in [2.24, 2.45) is 10.7 Å². The third-order valence-corrected chi connectivity index (χ3v) is 1.36. The van der Waals surface area contributed by atoms with Crippen molar-refractivity contribution >= 4 is 11.8 Å². The Morgan fingerprint density at radius 3 is 2.42 bits per heavy atom. The standard InChI is InChI=1S/C7H11N5/c1-4-5(2)11-12-7(9-4)10-6(3)8/h1-3H3,(H2,8,9,10,12). The summed E-state index contributed by atoms with van der Waals surface area (Å²) in [7, 11) is 0. The summed E-state index contributed by atoms with van der Waals surface area (Å²) in [5.41, 5.74) is 6.99. The summed E-state index contributed by atoms with van der Waals surface area (Å²) in [6, 6.07) is 0. The van der Waals surface area contributed by atoms with Crippen molar-refractivity contribution in [2.75, 3.05) is 0 Å². The number of aliphatic imine (C=N–C) groups is 1. The molecule has 0 unspecified atom stereocenters. The van der Waals surface area contributed by atoms with Gasteiger partial charge in [-0.1, -0.05) is 0 Å². The Kier molecular flexibility index (Phi) is 2.32. The highest BCUT2D eigenvalue weighted by molar-refractivity contribution is 5.79. The first-order valence-electron chi connectivity index (χ1n) is 3.58. The molecule has 0 saturated heterocycles. The zero-order chi connectivity index (χ0) is 9.14. The van der Waals surface area contributed by atoms with Crippen molar-refractivity contribution in [3.63, 3.8) is 0 Å². The van der Waals surface area contributed by atoms with Gasteiger partial charge in [-0.2, -0.15) is 10.1 Å². The molecule has 0 radical (unpaired) electrons. The second-order valence-corrected chi connectivity index (χ2v) is 2.54. The van der Waals surface area contributed by atoms with Crippen molar-refractivity contribution in [2.45, 2.75) is 20.8 Å². The topological polar surface area (TPSA) is 77.0 Å². The average Bonchev–Trinajstić information content (AvgIpc) is 1.96. The number of nitrogens with two attached hydrogens (primary N) is 1. The monoisotopic (exact) mass is 165 g/mol. The van der Waals surface area contributed by atoms with Gasteiger partial charge in [0, 0.05) is 0 Å². The molecule has 0 aliphatic heterocycles. The normalized spacial score (nSPS) is 11.8. The van der Waals surface area contributed by atoms with Gasteiger partial charge in [0.15, 0.2) is 0 Å². The van der Waals surface area contributed by atoms with Gasteiger partial charge in [-0.25, -0.2) is 4.98 Å². The van der Waals surface area contributed by atoms with Crippen LogP contribution in [0.3, 0.4) is 0 Å². The number of rotatable bonds is 1. The average molecular weight is 165 g/mol. The van der Waals surface area contributed by atoms with Gasteiger partial charge in [-0.15, -0.1) is 5.10 Å². The summed E-state index contributed by atoms with van der Waals surface area (Å²) >= 11 is 0. The second-order valence-electron chi connectivity index (χ2n) is 2.54. The van der Waals surface area contributed by atoms with E-state index >= 15 is 0 Å². The van der Waals surface area contributed by atoms with E-state index in [0.29, 0.717) is 11.8 Å². The smallest absolute Gasteiger partial charge is 0.270 e. The summed E-state index contributed by atoms with van der Waals surface area (Å²) in [6.45, 7) is 5.38. The molecular formula is C7H11N5. The maximum Gasteiger partial charge on any atom is 0.270 e. The van der Waals surface area contributed by atoms with Crippen LogP contribution < -0.4 is 5.73 Å². The summed E-state index contributed by atoms with van der Waals surface area (Å²) in [5.74, 6) is 0.748. The summed E-state index contributed by atoms with van der Waals surface area (Å²) in [4.78, 5) is 7.94. The zero-order valence-electron chi connectivity index (χ0n) is 7.37. The van der Waals surface area contributed by atoms with Gasteiger partial charge < -0.3 is 5.73 Å². The van der Waals surface area contributed by atoms with Crippen LogP contribution in [-0.4, -0.2) is 21.0 Å². The Hall–Kier alpha value is -1.52. The van der Waals surface area contributed by atoms with Crippen LogP contribution in [0, 0.1) is 13.8 Å². The van der Waals surface area contributed by atoms with Gasteiger partial charge in [0.25, 0.3) is 5.95 Å². The molecule has 12 heavy (non-hydrogen) atoms. The molecule has 0 aromatic carbocycles. The summed E-state index contributed by atoms with van der Waals surface area (Å²) in [6.07, 6.45) is 0. The van der Waals surface area contributed by atoms with Gasteiger partial charge in [0.1, 0.15) is 0 Å². The van der Waals surface area contributed by atoms with E-state index in [1.54, 1.807) is 6.92 Å². The van der Waals surface area contributed by atoms with E-state index in [0.717, 1.165) is 11.4 Å². The maximum absolute atomic E-state index is 5.35. The molecule has 5 heteroatoms. The molecule has 0 spiro atoms. The third-order valence-electron chi connectivity index (χ3n) is 1.36. The Labute approximate surface area is 70.8 Å². The zero-order valence-corrected chi connectivity index (χ0v) is 7.37. The van der Waals surface area contributed by atoms with Crippen LogP contribution in [0.4, 0.5) is 5.95 Å². The van der Waals surface area contributed by atoms with Gasteiger partial charge in [-0.05, 0) is 20.8 Å². The van der Waals surface area contributed by atoms with Crippen LogP contribution in [0.5, 0.6) is 0 Å². The van der Waals surface area contributed by atoms with E-state index in [9.17, 15) is 0 Å². The number of amidine groups is 1. The van der Waals surface area contributed by atoms with Crippen LogP contribution in [0.25, 0.3) is 0 Å². The molecule has 0 fully saturated rings. The van der Waals surface area contributed by atoms with Gasteiger partial charge >= 0.3 is 0 Å². The number of nitrogens with zero attached hydrogens (tertiary/aromatic N) is 4. The van der Waals surface area contributed by atoms with Gasteiger partial charge in [0.2, 0.25) is 0 Å². The molecule has 5 nitrogen and oxygen atoms in total. The predicted octanol–water partition coefficient (Wildman–Crippen LogP) is 0.497. The number of aromatic nitrogens is 3. The Bertz CT molecular complexity index is 314. The van der Waals surface area contributed by atoms with E-state index in [1.807, 2.05) is 13.8 Å². The Balaban J connectivity index is 3.05. The molecule has 2 N–H and O–H groups in total. The third kappa shape index (κ3) is 1.98. The SMILES string of the molecule is C/C(N)=N\c1nnc(C)c(C)n1. The fourth-order valence-electron chi connectivity index (χ4n) is 0.650. The lowest BCUT2D eigenvalue weighted by Crippen LogP contribution is -2.05. The van der Waals surface area contributed by atoms with Crippen LogP contribution in [0.2, 0.25) is 0 Å². The van der Waals surface area contributed by atoms with Crippen molar-refractivity contribution in [3.8, 4) is 0 Å². The molecule has 0 bridgehead atoms. The van der Waals surface area contributed by atoms with Crippen LogP contribution in [-0.2, 0) is 0 Å². The summed E-state index contributed by atoms with van der Waals surface area (Å²) in [5, 5.41) is 7.61. The number of hydrogen-bond donors (Lipinski definition) is 1. The van der Waals surface area contributed by atoms with Gasteiger partial charge in [-0.3, -0.25) is 0 Å². The lowest BCUT2D eigenvalue weighted by molar-refractivity contribution is 0.893. The molecule has 0 aliphatic carbocycles. The molecule has 1 rings (SSSR count). The van der Waals surface area contributed by atoms with E-state index < -0.39 is 0 Å². The fourth-order valence-corrected chi connectivity index (χ4v) is 0.650. The fraction of sp³-hybridized carbons (Fsp3) is 0.429. The van der Waals surface area contributed by atoms with Crippen molar-refractivity contribution in [1.29, 1.82) is 0 Å². The number of hydrogen-bond acceptors (Lipinski definition) is 4. The van der Waals surface area contributed by atoms with Crippen molar-refractivity contribution in [3.05, 3.63) is 11.4 Å². The molecular weight excluding hydrogens is 154 g/mol. The molecule has 1 aromatic rings. The minimum atomic E-state index is 0.318. The molecule has 0 atom stereocenters. The van der Waals surface area contributed by atoms with Crippen LogP contribution in [0.15, 0.2) is 4.99 Å². The highest BCUT2D eigenvalue weighted by Gasteiger charge is 1.98. The van der Waals surface area contributed by atoms with E-state index in [1.165, 1.54) is 0 Å². The molecule has 1 aromatic heterocycles.